The molecule has 2 N–H and O–H groups in total. The molecule has 2 aromatic carbocycles. The Bertz CT molecular complexity index is 882. The highest BCUT2D eigenvalue weighted by Gasteiger charge is 2.11. The lowest BCUT2D eigenvalue weighted by molar-refractivity contribution is -0.115. The van der Waals surface area contributed by atoms with Gasteiger partial charge in [0.25, 0.3) is 0 Å². The zero-order valence-electron chi connectivity index (χ0n) is 12.5. The smallest absolute Gasteiger partial charge is 0.228 e. The van der Waals surface area contributed by atoms with Crippen LogP contribution in [0.4, 0.5) is 5.69 Å². The summed E-state index contributed by atoms with van der Waals surface area (Å²) in [5.41, 5.74) is 3.03. The number of carbonyl (C=O) groups is 2. The number of fused-ring (bicyclic) bond motifs is 1. The third-order valence-electron chi connectivity index (χ3n) is 3.66. The molecule has 3 aromatic rings. The van der Waals surface area contributed by atoms with Crippen LogP contribution in [-0.2, 0) is 11.2 Å². The summed E-state index contributed by atoms with van der Waals surface area (Å²) >= 11 is 6.21. The summed E-state index contributed by atoms with van der Waals surface area (Å²) in [6.45, 7) is 1.51. The van der Waals surface area contributed by atoms with E-state index in [0.29, 0.717) is 16.3 Å². The Morgan fingerprint density at radius 3 is 2.57 bits per heavy atom. The van der Waals surface area contributed by atoms with Crippen LogP contribution in [0.1, 0.15) is 22.8 Å². The molecule has 0 aliphatic carbocycles. The van der Waals surface area contributed by atoms with Crippen molar-refractivity contribution in [1.82, 2.24) is 4.98 Å². The number of rotatable bonds is 4. The van der Waals surface area contributed by atoms with E-state index in [-0.39, 0.29) is 18.1 Å². The Hall–Kier alpha value is -2.59. The molecule has 0 fully saturated rings. The largest absolute Gasteiger partial charge is 0.361 e. The van der Waals surface area contributed by atoms with Crippen LogP contribution in [0.5, 0.6) is 0 Å². The number of anilines is 1. The summed E-state index contributed by atoms with van der Waals surface area (Å²) in [7, 11) is 0. The number of aromatic nitrogens is 1. The first-order valence-electron chi connectivity index (χ1n) is 7.20. The van der Waals surface area contributed by atoms with Crippen LogP contribution in [-0.4, -0.2) is 16.7 Å². The first-order valence-corrected chi connectivity index (χ1v) is 7.58. The van der Waals surface area contributed by atoms with Crippen LogP contribution in [0.3, 0.4) is 0 Å². The van der Waals surface area contributed by atoms with Gasteiger partial charge in [-0.25, -0.2) is 0 Å². The van der Waals surface area contributed by atoms with Crippen molar-refractivity contribution in [2.75, 3.05) is 5.32 Å². The van der Waals surface area contributed by atoms with Crippen LogP contribution in [0.25, 0.3) is 10.9 Å². The number of benzene rings is 2. The molecule has 3 rings (SSSR count). The number of ketones is 1. The number of Topliss-reactive ketones (excluding diaryl/α,β-unsaturated/α-hetero) is 1. The Morgan fingerprint density at radius 1 is 1.13 bits per heavy atom. The third kappa shape index (κ3) is 3.27. The maximum absolute atomic E-state index is 12.2. The van der Waals surface area contributed by atoms with Gasteiger partial charge in [0, 0.05) is 28.4 Å². The molecule has 0 saturated heterocycles. The molecule has 1 heterocycles. The second kappa shape index (κ2) is 6.26. The molecule has 0 saturated carbocycles. The molecule has 0 aliphatic rings. The minimum atomic E-state index is -0.138. The molecule has 116 valence electrons. The van der Waals surface area contributed by atoms with Gasteiger partial charge < -0.3 is 10.3 Å². The average molecular weight is 327 g/mol. The molecule has 0 spiro atoms. The average Bonchev–Trinajstić information content (AvgIpc) is 2.92. The van der Waals surface area contributed by atoms with Gasteiger partial charge in [-0.15, -0.1) is 0 Å². The first kappa shape index (κ1) is 15.3. The highest BCUT2D eigenvalue weighted by Crippen LogP contribution is 2.27. The van der Waals surface area contributed by atoms with Crippen molar-refractivity contribution in [3.05, 3.63) is 64.8 Å². The second-order valence-corrected chi connectivity index (χ2v) is 5.74. The fraction of sp³-hybridized carbons (Fsp3) is 0.111. The van der Waals surface area contributed by atoms with E-state index in [4.69, 9.17) is 11.6 Å². The predicted octanol–water partition coefficient (Wildman–Crippen LogP) is 4.21. The van der Waals surface area contributed by atoms with Crippen molar-refractivity contribution < 1.29 is 9.59 Å². The van der Waals surface area contributed by atoms with E-state index in [0.717, 1.165) is 16.5 Å². The van der Waals surface area contributed by atoms with Crippen LogP contribution in [0.2, 0.25) is 5.02 Å². The molecule has 0 radical (unpaired) electrons. The van der Waals surface area contributed by atoms with E-state index in [2.05, 4.69) is 10.3 Å². The van der Waals surface area contributed by atoms with E-state index in [1.165, 1.54) is 6.92 Å². The fourth-order valence-corrected chi connectivity index (χ4v) is 2.81. The number of H-pyrrole nitrogens is 1. The molecule has 4 nitrogen and oxygen atoms in total. The Morgan fingerprint density at radius 2 is 1.87 bits per heavy atom. The number of hydrogen-bond donors (Lipinski definition) is 2. The van der Waals surface area contributed by atoms with Gasteiger partial charge in [-0.1, -0.05) is 17.7 Å². The molecular weight excluding hydrogens is 312 g/mol. The summed E-state index contributed by atoms with van der Waals surface area (Å²) in [5.74, 6) is -0.141. The first-order chi connectivity index (χ1) is 11.0. The molecular formula is C18H15ClN2O2. The number of halogens is 1. The SMILES string of the molecule is CC(=O)c1ccc(NC(=O)Cc2c[nH]c3cccc(Cl)c23)cc1. The lowest BCUT2D eigenvalue weighted by Gasteiger charge is -2.06. The Balaban J connectivity index is 1.75. The quantitative estimate of drug-likeness (QED) is 0.706. The molecule has 23 heavy (non-hydrogen) atoms. The van der Waals surface area contributed by atoms with Gasteiger partial charge in [0.05, 0.1) is 11.4 Å². The summed E-state index contributed by atoms with van der Waals surface area (Å²) in [6, 6.07) is 12.4. The maximum atomic E-state index is 12.2. The van der Waals surface area contributed by atoms with Gasteiger partial charge in [0.1, 0.15) is 0 Å². The highest BCUT2D eigenvalue weighted by molar-refractivity contribution is 6.35. The van der Waals surface area contributed by atoms with Crippen molar-refractivity contribution in [2.24, 2.45) is 0 Å². The molecule has 0 aliphatic heterocycles. The van der Waals surface area contributed by atoms with Crippen molar-refractivity contribution in [3.8, 4) is 0 Å². The summed E-state index contributed by atoms with van der Waals surface area (Å²) < 4.78 is 0. The monoisotopic (exact) mass is 326 g/mol. The van der Waals surface area contributed by atoms with Crippen LogP contribution < -0.4 is 5.32 Å². The van der Waals surface area contributed by atoms with E-state index < -0.39 is 0 Å². The van der Waals surface area contributed by atoms with Crippen molar-refractivity contribution in [3.63, 3.8) is 0 Å². The van der Waals surface area contributed by atoms with Gasteiger partial charge in [-0.2, -0.15) is 0 Å². The molecule has 0 atom stereocenters. The van der Waals surface area contributed by atoms with Crippen molar-refractivity contribution in [2.45, 2.75) is 13.3 Å². The van der Waals surface area contributed by atoms with Crippen LogP contribution in [0, 0.1) is 0 Å². The predicted molar refractivity (Wildman–Crippen MR) is 92.1 cm³/mol. The van der Waals surface area contributed by atoms with E-state index >= 15 is 0 Å². The minimum absolute atomic E-state index is 0.00342. The molecule has 1 amide bonds. The topological polar surface area (TPSA) is 62.0 Å². The van der Waals surface area contributed by atoms with Crippen LogP contribution >= 0.6 is 11.6 Å². The number of carbonyl (C=O) groups excluding carboxylic acids is 2. The zero-order chi connectivity index (χ0) is 16.4. The zero-order valence-corrected chi connectivity index (χ0v) is 13.3. The molecule has 0 unspecified atom stereocenters. The number of nitrogens with one attached hydrogen (secondary N) is 2. The Kier molecular flexibility index (Phi) is 4.17. The summed E-state index contributed by atoms with van der Waals surface area (Å²) in [4.78, 5) is 26.6. The van der Waals surface area contributed by atoms with Gasteiger partial charge in [-0.3, -0.25) is 9.59 Å². The van der Waals surface area contributed by atoms with E-state index in [9.17, 15) is 9.59 Å². The number of amides is 1. The second-order valence-electron chi connectivity index (χ2n) is 5.33. The normalized spacial score (nSPS) is 10.7. The molecule has 0 bridgehead atoms. The maximum Gasteiger partial charge on any atom is 0.228 e. The fourth-order valence-electron chi connectivity index (χ4n) is 2.51. The lowest BCUT2D eigenvalue weighted by atomic mass is 10.1. The van der Waals surface area contributed by atoms with Crippen molar-refractivity contribution >= 4 is 39.9 Å². The van der Waals surface area contributed by atoms with Gasteiger partial charge >= 0.3 is 0 Å². The highest BCUT2D eigenvalue weighted by atomic mass is 35.5. The third-order valence-corrected chi connectivity index (χ3v) is 3.98. The Labute approximate surface area is 138 Å². The minimum Gasteiger partial charge on any atom is -0.361 e. The van der Waals surface area contributed by atoms with E-state index in [1.54, 1.807) is 36.5 Å². The van der Waals surface area contributed by atoms with Crippen molar-refractivity contribution in [1.29, 1.82) is 0 Å². The van der Waals surface area contributed by atoms with E-state index in [1.807, 2.05) is 12.1 Å². The van der Waals surface area contributed by atoms with Gasteiger partial charge in [-0.05, 0) is 48.9 Å². The van der Waals surface area contributed by atoms with Crippen LogP contribution in [0.15, 0.2) is 48.7 Å². The van der Waals surface area contributed by atoms with Gasteiger partial charge in [0.15, 0.2) is 5.78 Å². The summed E-state index contributed by atoms with van der Waals surface area (Å²) in [6.07, 6.45) is 2.02. The number of hydrogen-bond acceptors (Lipinski definition) is 2. The summed E-state index contributed by atoms with van der Waals surface area (Å²) in [5, 5.41) is 4.32. The van der Waals surface area contributed by atoms with Gasteiger partial charge in [0.2, 0.25) is 5.91 Å². The lowest BCUT2D eigenvalue weighted by Crippen LogP contribution is -2.14. The number of aromatic amines is 1. The standard InChI is InChI=1S/C18H15ClN2O2/c1-11(22)12-5-7-14(8-6-12)21-17(23)9-13-10-20-16-4-2-3-15(19)18(13)16/h2-8,10,20H,9H2,1H3,(H,21,23). The molecule has 5 heteroatoms. The molecule has 1 aromatic heterocycles.